The molecule has 24 heavy (non-hydrogen) atoms. The van der Waals surface area contributed by atoms with Crippen LogP contribution in [0, 0.1) is 0 Å². The Kier molecular flexibility index (Phi) is 6.58. The lowest BCUT2D eigenvalue weighted by Crippen LogP contribution is -2.45. The second-order valence-electron chi connectivity index (χ2n) is 6.92. The molecule has 0 atom stereocenters. The molecule has 1 aromatic rings. The van der Waals surface area contributed by atoms with Crippen LogP contribution < -0.4 is 5.32 Å². The first-order valence-electron chi connectivity index (χ1n) is 9.13. The molecule has 0 unspecified atom stereocenters. The highest BCUT2D eigenvalue weighted by Crippen LogP contribution is 2.27. The summed E-state index contributed by atoms with van der Waals surface area (Å²) in [5.41, 5.74) is 2.97. The number of nitrogens with one attached hydrogen (secondary N) is 1. The first kappa shape index (κ1) is 17.8. The summed E-state index contributed by atoms with van der Waals surface area (Å²) in [6, 6.07) is 6.67. The molecule has 2 aliphatic rings. The van der Waals surface area contributed by atoms with E-state index in [4.69, 9.17) is 0 Å². The maximum atomic E-state index is 12.0. The minimum absolute atomic E-state index is 0.152. The van der Waals surface area contributed by atoms with E-state index in [1.807, 2.05) is 0 Å². The Morgan fingerprint density at radius 3 is 2.79 bits per heavy atom. The van der Waals surface area contributed by atoms with E-state index >= 15 is 0 Å². The van der Waals surface area contributed by atoms with Gasteiger partial charge in [0.25, 0.3) is 0 Å². The number of hydrogen-bond donors (Lipinski definition) is 1. The number of amides is 1. The number of benzene rings is 1. The lowest BCUT2D eigenvalue weighted by Gasteiger charge is -2.32. The fraction of sp³-hybridized carbons (Fsp3) is 0.632. The first-order chi connectivity index (χ1) is 11.7. The van der Waals surface area contributed by atoms with Crippen molar-refractivity contribution in [2.24, 2.45) is 0 Å². The van der Waals surface area contributed by atoms with Crippen LogP contribution in [0.2, 0.25) is 0 Å². The number of fused-ring (bicyclic) bond motifs is 1. The van der Waals surface area contributed by atoms with E-state index in [1.165, 1.54) is 35.3 Å². The number of carbonyl (C=O) groups excluding carboxylic acids is 1. The molecule has 1 aromatic carbocycles. The zero-order chi connectivity index (χ0) is 16.8. The molecule has 0 aromatic heterocycles. The molecule has 1 amide bonds. The number of rotatable bonds is 7. The minimum Gasteiger partial charge on any atom is -0.355 e. The molecule has 1 aliphatic carbocycles. The Balaban J connectivity index is 1.29. The van der Waals surface area contributed by atoms with Crippen molar-refractivity contribution in [2.45, 2.75) is 30.6 Å². The van der Waals surface area contributed by atoms with E-state index in [-0.39, 0.29) is 5.91 Å². The maximum Gasteiger partial charge on any atom is 0.230 e. The Hall–Kier alpha value is -1.04. The first-order valence-corrected chi connectivity index (χ1v) is 10.1. The maximum absolute atomic E-state index is 12.0. The normalized spacial score (nSPS) is 18.5. The number of aryl methyl sites for hydroxylation is 2. The van der Waals surface area contributed by atoms with Gasteiger partial charge in [-0.3, -0.25) is 4.79 Å². The summed E-state index contributed by atoms with van der Waals surface area (Å²) in [6.45, 7) is 6.49. The van der Waals surface area contributed by atoms with Crippen molar-refractivity contribution in [3.8, 4) is 0 Å². The van der Waals surface area contributed by atoms with E-state index in [2.05, 4.69) is 40.4 Å². The highest BCUT2D eigenvalue weighted by atomic mass is 32.2. The molecular weight excluding hydrogens is 318 g/mol. The van der Waals surface area contributed by atoms with Crippen molar-refractivity contribution in [3.63, 3.8) is 0 Å². The molecule has 0 bridgehead atoms. The average Bonchev–Trinajstić information content (AvgIpc) is 3.06. The van der Waals surface area contributed by atoms with Gasteiger partial charge in [-0.1, -0.05) is 6.07 Å². The van der Waals surface area contributed by atoms with Gasteiger partial charge in [0.05, 0.1) is 5.75 Å². The van der Waals surface area contributed by atoms with Gasteiger partial charge in [0.2, 0.25) is 5.91 Å². The van der Waals surface area contributed by atoms with Crippen molar-refractivity contribution in [1.82, 2.24) is 15.1 Å². The Labute approximate surface area is 150 Å². The number of hydrogen-bond acceptors (Lipinski definition) is 4. The van der Waals surface area contributed by atoms with Crippen LogP contribution in [0.5, 0.6) is 0 Å². The number of piperazine rings is 1. The van der Waals surface area contributed by atoms with Gasteiger partial charge in [0.1, 0.15) is 0 Å². The van der Waals surface area contributed by atoms with Crippen molar-refractivity contribution < 1.29 is 4.79 Å². The second kappa shape index (κ2) is 8.88. The summed E-state index contributed by atoms with van der Waals surface area (Å²) in [5.74, 6) is 0.673. The van der Waals surface area contributed by atoms with Gasteiger partial charge in [-0.15, -0.1) is 11.8 Å². The van der Waals surface area contributed by atoms with Gasteiger partial charge < -0.3 is 15.1 Å². The van der Waals surface area contributed by atoms with Crippen LogP contribution in [-0.2, 0) is 17.6 Å². The summed E-state index contributed by atoms with van der Waals surface area (Å²) in [5, 5.41) is 3.06. The Morgan fingerprint density at radius 2 is 1.96 bits per heavy atom. The summed E-state index contributed by atoms with van der Waals surface area (Å²) >= 11 is 1.65. The second-order valence-corrected chi connectivity index (χ2v) is 7.97. The van der Waals surface area contributed by atoms with Gasteiger partial charge in [0, 0.05) is 37.6 Å². The van der Waals surface area contributed by atoms with E-state index in [9.17, 15) is 4.79 Å². The standard InChI is InChI=1S/C19H29N3OS/c1-21-10-12-22(13-11-21)9-3-8-20-19(23)15-24-18-7-6-16-4-2-5-17(16)14-18/h6-7,14H,2-5,8-13,15H2,1H3,(H,20,23). The molecule has 0 saturated carbocycles. The van der Waals surface area contributed by atoms with Crippen LogP contribution in [-0.4, -0.2) is 67.8 Å². The molecule has 132 valence electrons. The summed E-state index contributed by atoms with van der Waals surface area (Å²) in [4.78, 5) is 18.1. The quantitative estimate of drug-likeness (QED) is 0.605. The van der Waals surface area contributed by atoms with E-state index in [1.54, 1.807) is 11.8 Å². The van der Waals surface area contributed by atoms with Crippen molar-refractivity contribution in [1.29, 1.82) is 0 Å². The molecule has 1 aliphatic heterocycles. The van der Waals surface area contributed by atoms with E-state index in [0.29, 0.717) is 5.75 Å². The molecule has 1 saturated heterocycles. The van der Waals surface area contributed by atoms with E-state index in [0.717, 1.165) is 45.7 Å². The van der Waals surface area contributed by atoms with Gasteiger partial charge in [-0.2, -0.15) is 0 Å². The zero-order valence-corrected chi connectivity index (χ0v) is 15.5. The lowest BCUT2D eigenvalue weighted by atomic mass is 10.1. The third-order valence-corrected chi connectivity index (χ3v) is 6.00. The fourth-order valence-corrected chi connectivity index (χ4v) is 4.23. The molecule has 4 nitrogen and oxygen atoms in total. The lowest BCUT2D eigenvalue weighted by molar-refractivity contribution is -0.118. The van der Waals surface area contributed by atoms with Crippen molar-refractivity contribution in [2.75, 3.05) is 52.1 Å². The van der Waals surface area contributed by atoms with Crippen LogP contribution in [0.3, 0.4) is 0 Å². The predicted octanol–water partition coefficient (Wildman–Crippen LogP) is 2.02. The topological polar surface area (TPSA) is 35.6 Å². The van der Waals surface area contributed by atoms with Crippen LogP contribution in [0.1, 0.15) is 24.0 Å². The molecule has 1 N–H and O–H groups in total. The summed E-state index contributed by atoms with van der Waals surface area (Å²) in [7, 11) is 2.18. The third kappa shape index (κ3) is 5.23. The summed E-state index contributed by atoms with van der Waals surface area (Å²) in [6.07, 6.45) is 4.73. The summed E-state index contributed by atoms with van der Waals surface area (Å²) < 4.78 is 0. The van der Waals surface area contributed by atoms with Crippen molar-refractivity contribution >= 4 is 17.7 Å². The molecule has 5 heteroatoms. The SMILES string of the molecule is CN1CCN(CCCNC(=O)CSc2ccc3c(c2)CCC3)CC1. The number of carbonyl (C=O) groups is 1. The number of thioether (sulfide) groups is 1. The number of nitrogens with zero attached hydrogens (tertiary/aromatic N) is 2. The van der Waals surface area contributed by atoms with Crippen LogP contribution >= 0.6 is 11.8 Å². The van der Waals surface area contributed by atoms with Crippen molar-refractivity contribution in [3.05, 3.63) is 29.3 Å². The number of likely N-dealkylation sites (N-methyl/N-ethyl adjacent to an activating group) is 1. The molecule has 1 heterocycles. The molecule has 0 radical (unpaired) electrons. The zero-order valence-electron chi connectivity index (χ0n) is 14.7. The fourth-order valence-electron chi connectivity index (χ4n) is 3.44. The van der Waals surface area contributed by atoms with Gasteiger partial charge in [-0.25, -0.2) is 0 Å². The third-order valence-electron chi connectivity index (χ3n) is 5.01. The van der Waals surface area contributed by atoms with Crippen LogP contribution in [0.4, 0.5) is 0 Å². The largest absolute Gasteiger partial charge is 0.355 e. The van der Waals surface area contributed by atoms with Gasteiger partial charge in [-0.05, 0) is 62.5 Å². The van der Waals surface area contributed by atoms with E-state index < -0.39 is 0 Å². The monoisotopic (exact) mass is 347 g/mol. The predicted molar refractivity (Wildman–Crippen MR) is 101 cm³/mol. The highest BCUT2D eigenvalue weighted by Gasteiger charge is 2.13. The highest BCUT2D eigenvalue weighted by molar-refractivity contribution is 8.00. The molecule has 0 spiro atoms. The minimum atomic E-state index is 0.152. The Morgan fingerprint density at radius 1 is 1.17 bits per heavy atom. The van der Waals surface area contributed by atoms with Crippen LogP contribution in [0.25, 0.3) is 0 Å². The van der Waals surface area contributed by atoms with Gasteiger partial charge in [0.15, 0.2) is 0 Å². The molecule has 1 fully saturated rings. The molecular formula is C19H29N3OS. The Bertz CT molecular complexity index is 556. The molecule has 3 rings (SSSR count). The smallest absolute Gasteiger partial charge is 0.230 e. The van der Waals surface area contributed by atoms with Crippen LogP contribution in [0.15, 0.2) is 23.1 Å². The van der Waals surface area contributed by atoms with Gasteiger partial charge >= 0.3 is 0 Å². The average molecular weight is 348 g/mol.